The Morgan fingerprint density at radius 1 is 1.54 bits per heavy atom. The van der Waals surface area contributed by atoms with E-state index in [1.54, 1.807) is 0 Å². The number of hydrogen-bond acceptors (Lipinski definition) is 3. The lowest BCUT2D eigenvalue weighted by molar-refractivity contribution is 0.948. The minimum Gasteiger partial charge on any atom is -0.366 e. The molecule has 0 spiro atoms. The molecule has 0 radical (unpaired) electrons. The predicted molar refractivity (Wildman–Crippen MR) is 54.8 cm³/mol. The van der Waals surface area contributed by atoms with Gasteiger partial charge in [0.1, 0.15) is 11.6 Å². The minimum atomic E-state index is 0.736. The van der Waals surface area contributed by atoms with Gasteiger partial charge in [-0.2, -0.15) is 0 Å². The molecule has 3 heteroatoms. The van der Waals surface area contributed by atoms with Crippen LogP contribution in [0.4, 0.5) is 5.82 Å². The molecule has 0 unspecified atom stereocenters. The molecule has 13 heavy (non-hydrogen) atoms. The van der Waals surface area contributed by atoms with Gasteiger partial charge in [0, 0.05) is 18.3 Å². The summed E-state index contributed by atoms with van der Waals surface area (Å²) < 4.78 is 0. The largest absolute Gasteiger partial charge is 0.366 e. The monoisotopic (exact) mass is 177 g/mol. The molecule has 1 rings (SSSR count). The normalized spacial score (nSPS) is 9.69. The maximum atomic E-state index is 4.28. The van der Waals surface area contributed by atoms with Gasteiger partial charge >= 0.3 is 0 Å². The van der Waals surface area contributed by atoms with Gasteiger partial charge in [0.15, 0.2) is 0 Å². The van der Waals surface area contributed by atoms with E-state index in [0.29, 0.717) is 0 Å². The SMILES string of the molecule is C=CCNc1cc(CC)nc(C)n1. The second kappa shape index (κ2) is 4.60. The van der Waals surface area contributed by atoms with Gasteiger partial charge in [0.25, 0.3) is 0 Å². The van der Waals surface area contributed by atoms with Crippen LogP contribution in [0.3, 0.4) is 0 Å². The summed E-state index contributed by atoms with van der Waals surface area (Å²) in [6.07, 6.45) is 2.75. The molecule has 0 fully saturated rings. The maximum absolute atomic E-state index is 4.28. The van der Waals surface area contributed by atoms with Gasteiger partial charge in [-0.05, 0) is 13.3 Å². The highest BCUT2D eigenvalue weighted by molar-refractivity contribution is 5.36. The number of aryl methyl sites for hydroxylation is 2. The molecule has 0 aliphatic carbocycles. The quantitative estimate of drug-likeness (QED) is 0.714. The lowest BCUT2D eigenvalue weighted by Crippen LogP contribution is -2.04. The van der Waals surface area contributed by atoms with E-state index in [1.807, 2.05) is 19.1 Å². The van der Waals surface area contributed by atoms with Crippen molar-refractivity contribution in [1.29, 1.82) is 0 Å². The van der Waals surface area contributed by atoms with Crippen molar-refractivity contribution >= 4 is 5.82 Å². The Balaban J connectivity index is 2.81. The standard InChI is InChI=1S/C10H15N3/c1-4-6-11-10-7-9(5-2)12-8(3)13-10/h4,7H,1,5-6H2,2-3H3,(H,11,12,13). The van der Waals surface area contributed by atoms with Gasteiger partial charge in [-0.25, -0.2) is 9.97 Å². The number of hydrogen-bond donors (Lipinski definition) is 1. The molecular weight excluding hydrogens is 162 g/mol. The molecule has 1 heterocycles. The van der Waals surface area contributed by atoms with E-state index >= 15 is 0 Å². The first-order valence-corrected chi connectivity index (χ1v) is 4.45. The third kappa shape index (κ3) is 2.86. The van der Waals surface area contributed by atoms with Gasteiger partial charge in [-0.1, -0.05) is 13.0 Å². The Bertz CT molecular complexity index is 294. The topological polar surface area (TPSA) is 37.8 Å². The van der Waals surface area contributed by atoms with Crippen molar-refractivity contribution in [2.24, 2.45) is 0 Å². The third-order valence-electron chi connectivity index (χ3n) is 1.68. The fraction of sp³-hybridized carbons (Fsp3) is 0.400. The van der Waals surface area contributed by atoms with Crippen molar-refractivity contribution in [2.75, 3.05) is 11.9 Å². The highest BCUT2D eigenvalue weighted by Crippen LogP contribution is 2.06. The predicted octanol–water partition coefficient (Wildman–Crippen LogP) is 1.95. The smallest absolute Gasteiger partial charge is 0.130 e. The number of anilines is 1. The van der Waals surface area contributed by atoms with Crippen LogP contribution in [0.1, 0.15) is 18.4 Å². The molecule has 1 aromatic rings. The van der Waals surface area contributed by atoms with Crippen LogP contribution in [0.2, 0.25) is 0 Å². The van der Waals surface area contributed by atoms with Crippen LogP contribution in [0.5, 0.6) is 0 Å². The first kappa shape index (κ1) is 9.71. The minimum absolute atomic E-state index is 0.736. The van der Waals surface area contributed by atoms with Crippen molar-refractivity contribution in [1.82, 2.24) is 9.97 Å². The van der Waals surface area contributed by atoms with Crippen LogP contribution in [0.15, 0.2) is 18.7 Å². The van der Waals surface area contributed by atoms with Crippen LogP contribution in [-0.2, 0) is 6.42 Å². The second-order valence-electron chi connectivity index (χ2n) is 2.81. The third-order valence-corrected chi connectivity index (χ3v) is 1.68. The van der Waals surface area contributed by atoms with Crippen LogP contribution < -0.4 is 5.32 Å². The van der Waals surface area contributed by atoms with Crippen molar-refractivity contribution in [2.45, 2.75) is 20.3 Å². The summed E-state index contributed by atoms with van der Waals surface area (Å²) in [5.41, 5.74) is 1.07. The summed E-state index contributed by atoms with van der Waals surface area (Å²) in [5.74, 6) is 1.69. The molecule has 1 aromatic heterocycles. The number of aromatic nitrogens is 2. The van der Waals surface area contributed by atoms with Crippen LogP contribution >= 0.6 is 0 Å². The van der Waals surface area contributed by atoms with Crippen molar-refractivity contribution < 1.29 is 0 Å². The summed E-state index contributed by atoms with van der Waals surface area (Å²) in [7, 11) is 0. The van der Waals surface area contributed by atoms with Gasteiger partial charge < -0.3 is 5.32 Å². The zero-order valence-corrected chi connectivity index (χ0v) is 8.17. The van der Waals surface area contributed by atoms with Gasteiger partial charge in [0.05, 0.1) is 0 Å². The summed E-state index contributed by atoms with van der Waals surface area (Å²) in [4.78, 5) is 8.53. The summed E-state index contributed by atoms with van der Waals surface area (Å²) in [6.45, 7) is 8.35. The van der Waals surface area contributed by atoms with Crippen LogP contribution in [0, 0.1) is 6.92 Å². The van der Waals surface area contributed by atoms with Crippen molar-refractivity contribution in [3.05, 3.63) is 30.2 Å². The zero-order chi connectivity index (χ0) is 9.68. The molecule has 70 valence electrons. The van der Waals surface area contributed by atoms with Gasteiger partial charge in [0.2, 0.25) is 0 Å². The summed E-state index contributed by atoms with van der Waals surface area (Å²) in [5, 5.41) is 3.14. The van der Waals surface area contributed by atoms with E-state index in [9.17, 15) is 0 Å². The van der Waals surface area contributed by atoms with E-state index in [2.05, 4.69) is 28.8 Å². The number of rotatable bonds is 4. The molecule has 0 aromatic carbocycles. The average Bonchev–Trinajstić information content (AvgIpc) is 2.14. The van der Waals surface area contributed by atoms with Crippen LogP contribution in [-0.4, -0.2) is 16.5 Å². The van der Waals surface area contributed by atoms with Crippen LogP contribution in [0.25, 0.3) is 0 Å². The fourth-order valence-electron chi connectivity index (χ4n) is 1.08. The molecular formula is C10H15N3. The zero-order valence-electron chi connectivity index (χ0n) is 8.17. The molecule has 0 aliphatic rings. The second-order valence-corrected chi connectivity index (χ2v) is 2.81. The lowest BCUT2D eigenvalue weighted by Gasteiger charge is -2.05. The van der Waals surface area contributed by atoms with Gasteiger partial charge in [-0.3, -0.25) is 0 Å². The Hall–Kier alpha value is -1.38. The molecule has 0 saturated carbocycles. The van der Waals surface area contributed by atoms with E-state index < -0.39 is 0 Å². The Labute approximate surface area is 78.9 Å². The molecule has 0 saturated heterocycles. The molecule has 0 amide bonds. The molecule has 3 nitrogen and oxygen atoms in total. The summed E-state index contributed by atoms with van der Waals surface area (Å²) in [6, 6.07) is 1.97. The number of nitrogens with one attached hydrogen (secondary N) is 1. The van der Waals surface area contributed by atoms with Crippen molar-refractivity contribution in [3.8, 4) is 0 Å². The number of nitrogens with zero attached hydrogens (tertiary/aromatic N) is 2. The Morgan fingerprint density at radius 2 is 2.31 bits per heavy atom. The van der Waals surface area contributed by atoms with E-state index in [1.165, 1.54) is 0 Å². The van der Waals surface area contributed by atoms with E-state index in [0.717, 1.165) is 30.3 Å². The van der Waals surface area contributed by atoms with E-state index in [-0.39, 0.29) is 0 Å². The first-order valence-electron chi connectivity index (χ1n) is 4.45. The highest BCUT2D eigenvalue weighted by atomic mass is 15.0. The molecule has 0 bridgehead atoms. The average molecular weight is 177 g/mol. The molecule has 0 aliphatic heterocycles. The molecule has 1 N–H and O–H groups in total. The Morgan fingerprint density at radius 3 is 2.92 bits per heavy atom. The molecule has 0 atom stereocenters. The maximum Gasteiger partial charge on any atom is 0.130 e. The van der Waals surface area contributed by atoms with Crippen molar-refractivity contribution in [3.63, 3.8) is 0 Å². The fourth-order valence-corrected chi connectivity index (χ4v) is 1.08. The first-order chi connectivity index (χ1) is 6.26. The highest BCUT2D eigenvalue weighted by Gasteiger charge is 1.98. The Kier molecular flexibility index (Phi) is 3.43. The van der Waals surface area contributed by atoms with E-state index in [4.69, 9.17) is 0 Å². The summed E-state index contributed by atoms with van der Waals surface area (Å²) >= 11 is 0. The lowest BCUT2D eigenvalue weighted by atomic mass is 10.3. The van der Waals surface area contributed by atoms with Gasteiger partial charge in [-0.15, -0.1) is 6.58 Å².